The molecule has 1 aliphatic rings. The van der Waals surface area contributed by atoms with E-state index in [0.29, 0.717) is 11.6 Å². The third-order valence-electron chi connectivity index (χ3n) is 3.42. The number of benzene rings is 1. The minimum Gasteiger partial charge on any atom is -0.464 e. The molecule has 0 saturated carbocycles. The molecule has 3 unspecified atom stereocenters. The fourth-order valence-electron chi connectivity index (χ4n) is 2.38. The molecule has 1 N–H and O–H groups in total. The molecule has 2 rings (SSSR count). The number of hydrogen-bond donors (Lipinski definition) is 1. The molecular weight excluding hydrogens is 358 g/mol. The second kappa shape index (κ2) is 7.47. The molecule has 0 spiro atoms. The molecule has 0 aromatic heterocycles. The van der Waals surface area contributed by atoms with Crippen LogP contribution in [0.15, 0.2) is 22.7 Å². The van der Waals surface area contributed by atoms with Crippen molar-refractivity contribution in [2.45, 2.75) is 44.9 Å². The summed E-state index contributed by atoms with van der Waals surface area (Å²) < 4.78 is 11.8. The van der Waals surface area contributed by atoms with E-state index >= 15 is 0 Å². The van der Waals surface area contributed by atoms with Crippen molar-refractivity contribution in [3.05, 3.63) is 27.7 Å². The summed E-state index contributed by atoms with van der Waals surface area (Å²) >= 11 is 9.36. The first-order valence-corrected chi connectivity index (χ1v) is 8.22. The Labute approximate surface area is 138 Å². The van der Waals surface area contributed by atoms with Crippen LogP contribution in [0.1, 0.15) is 26.7 Å². The van der Waals surface area contributed by atoms with Gasteiger partial charge in [0.15, 0.2) is 6.04 Å². The zero-order valence-corrected chi connectivity index (χ0v) is 14.4. The van der Waals surface area contributed by atoms with Crippen molar-refractivity contribution in [1.82, 2.24) is 0 Å². The monoisotopic (exact) mass is 375 g/mol. The largest absolute Gasteiger partial charge is 0.464 e. The Morgan fingerprint density at radius 2 is 2.33 bits per heavy atom. The lowest BCUT2D eigenvalue weighted by Crippen LogP contribution is -2.42. The van der Waals surface area contributed by atoms with Gasteiger partial charge in [0.1, 0.15) is 0 Å². The second-order valence-corrected chi connectivity index (χ2v) is 6.33. The van der Waals surface area contributed by atoms with Crippen molar-refractivity contribution >= 4 is 39.2 Å². The average Bonchev–Trinajstić information content (AvgIpc) is 2.86. The fourth-order valence-corrected chi connectivity index (χ4v) is 2.88. The first-order valence-electron chi connectivity index (χ1n) is 7.05. The second-order valence-electron chi connectivity index (χ2n) is 5.07. The van der Waals surface area contributed by atoms with Crippen LogP contribution in [0.4, 0.5) is 5.69 Å². The standard InChI is InChI=1S/C15H19BrClNO3/c1-3-20-15(19)14(13-7-4-9(2)21-13)18-10-5-6-12(17)11(16)8-10/h5-6,8-9,13-14,18H,3-4,7H2,1-2H3. The van der Waals surface area contributed by atoms with Gasteiger partial charge in [-0.15, -0.1) is 0 Å². The highest BCUT2D eigenvalue weighted by molar-refractivity contribution is 9.10. The van der Waals surface area contributed by atoms with Crippen LogP contribution in [0.3, 0.4) is 0 Å². The highest BCUT2D eigenvalue weighted by Crippen LogP contribution is 2.28. The lowest BCUT2D eigenvalue weighted by atomic mass is 10.1. The number of halogens is 2. The molecule has 0 bridgehead atoms. The third kappa shape index (κ3) is 4.34. The van der Waals surface area contributed by atoms with Crippen LogP contribution in [-0.2, 0) is 14.3 Å². The number of rotatable bonds is 5. The normalized spacial score (nSPS) is 22.9. The summed E-state index contributed by atoms with van der Waals surface area (Å²) in [5, 5.41) is 3.83. The molecule has 1 aromatic rings. The smallest absolute Gasteiger partial charge is 0.331 e. The molecule has 3 atom stereocenters. The van der Waals surface area contributed by atoms with Crippen LogP contribution in [0.2, 0.25) is 5.02 Å². The van der Waals surface area contributed by atoms with Crippen LogP contribution in [-0.4, -0.2) is 30.8 Å². The molecular formula is C15H19BrClNO3. The van der Waals surface area contributed by atoms with Gasteiger partial charge in [0, 0.05) is 10.2 Å². The van der Waals surface area contributed by atoms with Crippen molar-refractivity contribution < 1.29 is 14.3 Å². The van der Waals surface area contributed by atoms with E-state index < -0.39 is 6.04 Å². The van der Waals surface area contributed by atoms with Gasteiger partial charge in [-0.3, -0.25) is 0 Å². The van der Waals surface area contributed by atoms with Crippen LogP contribution < -0.4 is 5.32 Å². The van der Waals surface area contributed by atoms with Gasteiger partial charge in [0.25, 0.3) is 0 Å². The number of esters is 1. The van der Waals surface area contributed by atoms with E-state index in [4.69, 9.17) is 21.1 Å². The van der Waals surface area contributed by atoms with Crippen LogP contribution >= 0.6 is 27.5 Å². The molecule has 0 radical (unpaired) electrons. The maximum atomic E-state index is 12.2. The van der Waals surface area contributed by atoms with E-state index in [0.717, 1.165) is 23.0 Å². The predicted octanol–water partition coefficient (Wildman–Crippen LogP) is 4.01. The fraction of sp³-hybridized carbons (Fsp3) is 0.533. The van der Waals surface area contributed by atoms with Gasteiger partial charge in [0.2, 0.25) is 0 Å². The molecule has 6 heteroatoms. The quantitative estimate of drug-likeness (QED) is 0.789. The first kappa shape index (κ1) is 16.6. The van der Waals surface area contributed by atoms with Gasteiger partial charge >= 0.3 is 5.97 Å². The van der Waals surface area contributed by atoms with Crippen LogP contribution in [0.25, 0.3) is 0 Å². The summed E-state index contributed by atoms with van der Waals surface area (Å²) in [5.74, 6) is -0.289. The SMILES string of the molecule is CCOC(=O)C(Nc1ccc(Cl)c(Br)c1)C1CCC(C)O1. The molecule has 1 heterocycles. The van der Waals surface area contributed by atoms with E-state index in [1.807, 2.05) is 19.1 Å². The van der Waals surface area contributed by atoms with Crippen molar-refractivity contribution in [2.24, 2.45) is 0 Å². The average molecular weight is 377 g/mol. The maximum absolute atomic E-state index is 12.2. The Bertz CT molecular complexity index is 512. The predicted molar refractivity (Wildman–Crippen MR) is 86.8 cm³/mol. The summed E-state index contributed by atoms with van der Waals surface area (Å²) in [5.41, 5.74) is 0.799. The number of carbonyl (C=O) groups is 1. The molecule has 116 valence electrons. The van der Waals surface area contributed by atoms with Crippen molar-refractivity contribution in [3.63, 3.8) is 0 Å². The molecule has 1 aromatic carbocycles. The van der Waals surface area contributed by atoms with E-state index in [2.05, 4.69) is 21.2 Å². The summed E-state index contributed by atoms with van der Waals surface area (Å²) in [6.45, 7) is 4.16. The van der Waals surface area contributed by atoms with Crippen molar-refractivity contribution in [3.8, 4) is 0 Å². The van der Waals surface area contributed by atoms with Crippen LogP contribution in [0, 0.1) is 0 Å². The maximum Gasteiger partial charge on any atom is 0.331 e. The summed E-state index contributed by atoms with van der Waals surface area (Å²) in [6, 6.07) is 4.93. The lowest BCUT2D eigenvalue weighted by molar-refractivity contribution is -0.147. The topological polar surface area (TPSA) is 47.6 Å². The first-order chi connectivity index (χ1) is 10.0. The van der Waals surface area contributed by atoms with Crippen LogP contribution in [0.5, 0.6) is 0 Å². The number of anilines is 1. The Morgan fingerprint density at radius 1 is 1.57 bits per heavy atom. The molecule has 1 fully saturated rings. The minimum atomic E-state index is -0.511. The van der Waals surface area contributed by atoms with Gasteiger partial charge in [-0.25, -0.2) is 4.79 Å². The Hall–Kier alpha value is -0.780. The molecule has 4 nitrogen and oxygen atoms in total. The van der Waals surface area contributed by atoms with Gasteiger partial charge in [-0.1, -0.05) is 11.6 Å². The highest BCUT2D eigenvalue weighted by Gasteiger charge is 2.35. The Morgan fingerprint density at radius 3 is 2.90 bits per heavy atom. The highest BCUT2D eigenvalue weighted by atomic mass is 79.9. The molecule has 0 aliphatic carbocycles. The van der Waals surface area contributed by atoms with Gasteiger partial charge in [-0.2, -0.15) is 0 Å². The van der Waals surface area contributed by atoms with E-state index in [1.165, 1.54) is 0 Å². The van der Waals surface area contributed by atoms with Gasteiger partial charge in [0.05, 0.1) is 23.8 Å². The summed E-state index contributed by atoms with van der Waals surface area (Å²) in [6.07, 6.45) is 1.79. The third-order valence-corrected chi connectivity index (χ3v) is 4.63. The Kier molecular flexibility index (Phi) is 5.90. The number of nitrogens with one attached hydrogen (secondary N) is 1. The number of ether oxygens (including phenoxy) is 2. The molecule has 0 amide bonds. The van der Waals surface area contributed by atoms with E-state index in [-0.39, 0.29) is 18.2 Å². The zero-order valence-electron chi connectivity index (χ0n) is 12.1. The molecule has 21 heavy (non-hydrogen) atoms. The molecule has 1 aliphatic heterocycles. The number of carbonyl (C=O) groups excluding carboxylic acids is 1. The zero-order chi connectivity index (χ0) is 15.4. The minimum absolute atomic E-state index is 0.172. The Balaban J connectivity index is 2.14. The summed E-state index contributed by atoms with van der Waals surface area (Å²) in [4.78, 5) is 12.2. The summed E-state index contributed by atoms with van der Waals surface area (Å²) in [7, 11) is 0. The van der Waals surface area contributed by atoms with Crippen molar-refractivity contribution in [1.29, 1.82) is 0 Å². The van der Waals surface area contributed by atoms with Gasteiger partial charge < -0.3 is 14.8 Å². The van der Waals surface area contributed by atoms with Gasteiger partial charge in [-0.05, 0) is 60.8 Å². The number of hydrogen-bond acceptors (Lipinski definition) is 4. The molecule has 1 saturated heterocycles. The van der Waals surface area contributed by atoms with Crippen molar-refractivity contribution in [2.75, 3.05) is 11.9 Å². The van der Waals surface area contributed by atoms with E-state index in [1.54, 1.807) is 13.0 Å². The van der Waals surface area contributed by atoms with E-state index in [9.17, 15) is 4.79 Å². The lowest BCUT2D eigenvalue weighted by Gasteiger charge is -2.24.